The van der Waals surface area contributed by atoms with E-state index < -0.39 is 0 Å². The third kappa shape index (κ3) is 4.64. The summed E-state index contributed by atoms with van der Waals surface area (Å²) >= 11 is 1.90. The standard InChI is InChI=1S/C10H21NO2S/c1-14-9-6-11-4-2-10(3-5-11)13-8-7-12/h10,12H,2-9H2,1H3. The lowest BCUT2D eigenvalue weighted by Crippen LogP contribution is -2.38. The van der Waals surface area contributed by atoms with Gasteiger partial charge in [0.25, 0.3) is 0 Å². The first-order chi connectivity index (χ1) is 6.86. The number of nitrogens with zero attached hydrogens (tertiary/aromatic N) is 1. The van der Waals surface area contributed by atoms with Gasteiger partial charge in [-0.2, -0.15) is 11.8 Å². The van der Waals surface area contributed by atoms with Crippen molar-refractivity contribution in [2.24, 2.45) is 0 Å². The molecule has 1 rings (SSSR count). The van der Waals surface area contributed by atoms with Gasteiger partial charge in [0.05, 0.1) is 19.3 Å². The van der Waals surface area contributed by atoms with Gasteiger partial charge in [-0.25, -0.2) is 0 Å². The van der Waals surface area contributed by atoms with E-state index in [1.807, 2.05) is 11.8 Å². The Kier molecular flexibility index (Phi) is 6.60. The second-order valence-electron chi connectivity index (χ2n) is 3.63. The Balaban J connectivity index is 2.05. The summed E-state index contributed by atoms with van der Waals surface area (Å²) in [4.78, 5) is 2.50. The molecule has 0 unspecified atom stereocenters. The van der Waals surface area contributed by atoms with Crippen LogP contribution < -0.4 is 0 Å². The van der Waals surface area contributed by atoms with Crippen LogP contribution >= 0.6 is 11.8 Å². The predicted molar refractivity (Wildman–Crippen MR) is 60.9 cm³/mol. The molecular formula is C10H21NO2S. The Morgan fingerprint density at radius 1 is 1.43 bits per heavy atom. The minimum atomic E-state index is 0.146. The molecule has 0 atom stereocenters. The number of thioether (sulfide) groups is 1. The molecule has 0 spiro atoms. The number of likely N-dealkylation sites (tertiary alicyclic amines) is 1. The molecule has 1 N–H and O–H groups in total. The summed E-state index contributed by atoms with van der Waals surface area (Å²) in [6.07, 6.45) is 4.77. The Labute approximate surface area is 90.8 Å². The Bertz CT molecular complexity index is 122. The van der Waals surface area contributed by atoms with Crippen LogP contribution in [0.1, 0.15) is 12.8 Å². The molecule has 0 radical (unpaired) electrons. The summed E-state index contributed by atoms with van der Waals surface area (Å²) in [5, 5.41) is 8.63. The van der Waals surface area contributed by atoms with Crippen molar-refractivity contribution in [3.63, 3.8) is 0 Å². The van der Waals surface area contributed by atoms with Crippen LogP contribution in [0.25, 0.3) is 0 Å². The van der Waals surface area contributed by atoms with Crippen molar-refractivity contribution < 1.29 is 9.84 Å². The van der Waals surface area contributed by atoms with Gasteiger partial charge >= 0.3 is 0 Å². The van der Waals surface area contributed by atoms with Crippen molar-refractivity contribution >= 4 is 11.8 Å². The highest BCUT2D eigenvalue weighted by Crippen LogP contribution is 2.13. The molecule has 0 aromatic heterocycles. The number of aliphatic hydroxyl groups excluding tert-OH is 1. The highest BCUT2D eigenvalue weighted by Gasteiger charge is 2.18. The van der Waals surface area contributed by atoms with Crippen LogP contribution in [-0.4, -0.2) is 61.0 Å². The van der Waals surface area contributed by atoms with Crippen LogP contribution in [0.4, 0.5) is 0 Å². The summed E-state index contributed by atoms with van der Waals surface area (Å²) in [5.41, 5.74) is 0. The van der Waals surface area contributed by atoms with Gasteiger partial charge in [0.1, 0.15) is 0 Å². The Hall–Kier alpha value is 0.230. The van der Waals surface area contributed by atoms with E-state index in [1.54, 1.807) is 0 Å². The number of hydrogen-bond acceptors (Lipinski definition) is 4. The van der Waals surface area contributed by atoms with E-state index in [9.17, 15) is 0 Å². The summed E-state index contributed by atoms with van der Waals surface area (Å²) in [6, 6.07) is 0. The minimum Gasteiger partial charge on any atom is -0.394 e. The van der Waals surface area contributed by atoms with E-state index in [0.29, 0.717) is 12.7 Å². The number of rotatable bonds is 6. The molecule has 4 heteroatoms. The average molecular weight is 219 g/mol. The third-order valence-corrected chi connectivity index (χ3v) is 3.18. The first kappa shape index (κ1) is 12.3. The molecule has 1 saturated heterocycles. The molecule has 0 aromatic rings. The van der Waals surface area contributed by atoms with Crippen LogP contribution in [0.15, 0.2) is 0 Å². The first-order valence-corrected chi connectivity index (χ1v) is 6.70. The fourth-order valence-corrected chi connectivity index (χ4v) is 2.18. The molecule has 3 nitrogen and oxygen atoms in total. The lowest BCUT2D eigenvalue weighted by atomic mass is 10.1. The Morgan fingerprint density at radius 2 is 2.14 bits per heavy atom. The maximum Gasteiger partial charge on any atom is 0.0701 e. The normalized spacial score (nSPS) is 20.1. The SMILES string of the molecule is CSCCN1CCC(OCCO)CC1. The third-order valence-electron chi connectivity index (χ3n) is 2.59. The van der Waals surface area contributed by atoms with E-state index in [1.165, 1.54) is 12.3 Å². The lowest BCUT2D eigenvalue weighted by molar-refractivity contribution is -0.00667. The summed E-state index contributed by atoms with van der Waals surface area (Å²) < 4.78 is 5.50. The van der Waals surface area contributed by atoms with Crippen molar-refractivity contribution in [2.75, 3.05) is 44.9 Å². The molecule has 0 saturated carbocycles. The van der Waals surface area contributed by atoms with Gasteiger partial charge in [-0.3, -0.25) is 0 Å². The molecule has 14 heavy (non-hydrogen) atoms. The molecular weight excluding hydrogens is 198 g/mol. The molecule has 0 amide bonds. The van der Waals surface area contributed by atoms with Crippen LogP contribution in [0, 0.1) is 0 Å². The lowest BCUT2D eigenvalue weighted by Gasteiger charge is -2.31. The van der Waals surface area contributed by atoms with Gasteiger partial charge in [-0.1, -0.05) is 0 Å². The van der Waals surface area contributed by atoms with E-state index in [0.717, 1.165) is 25.9 Å². The fourth-order valence-electron chi connectivity index (χ4n) is 1.74. The largest absolute Gasteiger partial charge is 0.394 e. The fraction of sp³-hybridized carbons (Fsp3) is 1.00. The first-order valence-electron chi connectivity index (χ1n) is 5.30. The zero-order chi connectivity index (χ0) is 10.2. The highest BCUT2D eigenvalue weighted by atomic mass is 32.2. The van der Waals surface area contributed by atoms with Gasteiger partial charge in [0, 0.05) is 25.4 Å². The van der Waals surface area contributed by atoms with Gasteiger partial charge in [-0.15, -0.1) is 0 Å². The van der Waals surface area contributed by atoms with Gasteiger partial charge in [0.2, 0.25) is 0 Å². The monoisotopic (exact) mass is 219 g/mol. The second-order valence-corrected chi connectivity index (χ2v) is 4.61. The van der Waals surface area contributed by atoms with Gasteiger partial charge < -0.3 is 14.7 Å². The van der Waals surface area contributed by atoms with Crippen molar-refractivity contribution in [3.05, 3.63) is 0 Å². The van der Waals surface area contributed by atoms with E-state index in [-0.39, 0.29) is 6.61 Å². The van der Waals surface area contributed by atoms with E-state index in [2.05, 4.69) is 11.2 Å². The minimum absolute atomic E-state index is 0.146. The average Bonchev–Trinajstić information content (AvgIpc) is 2.25. The number of piperidine rings is 1. The van der Waals surface area contributed by atoms with Gasteiger partial charge in [0.15, 0.2) is 0 Å². The maximum absolute atomic E-state index is 8.63. The smallest absolute Gasteiger partial charge is 0.0701 e. The molecule has 84 valence electrons. The van der Waals surface area contributed by atoms with Crippen LogP contribution in [-0.2, 0) is 4.74 Å². The molecule has 1 heterocycles. The van der Waals surface area contributed by atoms with Crippen molar-refractivity contribution in [1.82, 2.24) is 4.90 Å². The number of ether oxygens (including phenoxy) is 1. The van der Waals surface area contributed by atoms with Crippen molar-refractivity contribution in [2.45, 2.75) is 18.9 Å². The van der Waals surface area contributed by atoms with Gasteiger partial charge in [-0.05, 0) is 19.1 Å². The van der Waals surface area contributed by atoms with Crippen LogP contribution in [0.5, 0.6) is 0 Å². The number of hydrogen-bond donors (Lipinski definition) is 1. The summed E-state index contributed by atoms with van der Waals surface area (Å²) in [6.45, 7) is 4.14. The second kappa shape index (κ2) is 7.51. The molecule has 1 fully saturated rings. The number of aliphatic hydroxyl groups is 1. The molecule has 0 bridgehead atoms. The predicted octanol–water partition coefficient (Wildman–Crippen LogP) is 0.823. The molecule has 1 aliphatic heterocycles. The topological polar surface area (TPSA) is 32.7 Å². The molecule has 0 aliphatic carbocycles. The summed E-state index contributed by atoms with van der Waals surface area (Å²) in [5.74, 6) is 1.22. The van der Waals surface area contributed by atoms with E-state index >= 15 is 0 Å². The van der Waals surface area contributed by atoms with E-state index in [4.69, 9.17) is 9.84 Å². The summed E-state index contributed by atoms with van der Waals surface area (Å²) in [7, 11) is 0. The van der Waals surface area contributed by atoms with Crippen LogP contribution in [0.3, 0.4) is 0 Å². The maximum atomic E-state index is 8.63. The zero-order valence-corrected chi connectivity index (χ0v) is 9.76. The quantitative estimate of drug-likeness (QED) is 0.717. The highest BCUT2D eigenvalue weighted by molar-refractivity contribution is 7.98. The van der Waals surface area contributed by atoms with Crippen molar-refractivity contribution in [1.29, 1.82) is 0 Å². The molecule has 1 aliphatic rings. The molecule has 0 aromatic carbocycles. The zero-order valence-electron chi connectivity index (χ0n) is 8.95. The van der Waals surface area contributed by atoms with Crippen LogP contribution in [0.2, 0.25) is 0 Å². The Morgan fingerprint density at radius 3 is 2.71 bits per heavy atom. The van der Waals surface area contributed by atoms with Crippen molar-refractivity contribution in [3.8, 4) is 0 Å².